The summed E-state index contributed by atoms with van der Waals surface area (Å²) in [5.41, 5.74) is 1.28. The molecule has 0 aliphatic carbocycles. The van der Waals surface area contributed by atoms with Gasteiger partial charge in [-0.3, -0.25) is 13.9 Å². The molecule has 1 atom stereocenters. The number of nitrogens with one attached hydrogen (secondary N) is 1. The van der Waals surface area contributed by atoms with Crippen molar-refractivity contribution in [1.82, 2.24) is 10.2 Å². The third kappa shape index (κ3) is 7.99. The molecule has 0 heterocycles. The summed E-state index contributed by atoms with van der Waals surface area (Å²) in [5, 5.41) is 3.31. The number of anilines is 1. The lowest BCUT2D eigenvalue weighted by molar-refractivity contribution is -0.139. The van der Waals surface area contributed by atoms with Crippen LogP contribution in [-0.4, -0.2) is 57.9 Å². The van der Waals surface area contributed by atoms with Gasteiger partial charge in [-0.1, -0.05) is 55.8 Å². The van der Waals surface area contributed by atoms with E-state index in [1.165, 1.54) is 24.1 Å². The van der Waals surface area contributed by atoms with E-state index >= 15 is 0 Å². The molecule has 0 radical (unpaired) electrons. The molecule has 0 aliphatic rings. The number of ether oxygens (including phenoxy) is 1. The highest BCUT2D eigenvalue weighted by molar-refractivity contribution is 7.92. The average Bonchev–Trinajstić information content (AvgIpc) is 2.97. The third-order valence-electron chi connectivity index (χ3n) is 6.46. The summed E-state index contributed by atoms with van der Waals surface area (Å²) in [7, 11) is -2.67. The quantitative estimate of drug-likeness (QED) is 0.290. The largest absolute Gasteiger partial charge is 0.497 e. The second kappa shape index (κ2) is 14.7. The van der Waals surface area contributed by atoms with E-state index in [1.54, 1.807) is 36.4 Å². The van der Waals surface area contributed by atoms with E-state index in [2.05, 4.69) is 5.32 Å². The van der Waals surface area contributed by atoms with Crippen LogP contribution in [-0.2, 0) is 26.0 Å². The molecule has 0 aliphatic heterocycles. The van der Waals surface area contributed by atoms with Crippen LogP contribution < -0.4 is 14.4 Å². The first-order valence-corrected chi connectivity index (χ1v) is 15.1. The van der Waals surface area contributed by atoms with Crippen molar-refractivity contribution in [2.24, 2.45) is 0 Å². The van der Waals surface area contributed by atoms with Crippen LogP contribution in [0, 0.1) is 0 Å². The van der Waals surface area contributed by atoms with Gasteiger partial charge >= 0.3 is 0 Å². The Hall–Kier alpha value is -3.56. The van der Waals surface area contributed by atoms with E-state index < -0.39 is 28.5 Å². The minimum atomic E-state index is -4.17. The highest BCUT2D eigenvalue weighted by atomic mass is 35.5. The molecule has 3 aromatic carbocycles. The summed E-state index contributed by atoms with van der Waals surface area (Å²) in [4.78, 5) is 28.6. The van der Waals surface area contributed by atoms with E-state index in [9.17, 15) is 18.0 Å². The maximum atomic E-state index is 14.0. The number of halogens is 1. The number of sulfonamides is 1. The predicted octanol–water partition coefficient (Wildman–Crippen LogP) is 4.92. The van der Waals surface area contributed by atoms with Crippen molar-refractivity contribution in [3.8, 4) is 5.75 Å². The molecule has 40 heavy (non-hydrogen) atoms. The number of amides is 2. The van der Waals surface area contributed by atoms with Crippen LogP contribution in [0.15, 0.2) is 83.8 Å². The van der Waals surface area contributed by atoms with Crippen molar-refractivity contribution < 1.29 is 22.7 Å². The van der Waals surface area contributed by atoms with Crippen molar-refractivity contribution in [2.75, 3.05) is 31.0 Å². The number of nitrogens with zero attached hydrogens (tertiary/aromatic N) is 2. The summed E-state index contributed by atoms with van der Waals surface area (Å²) >= 11 is 6.07. The number of methoxy groups -OCH3 is 1. The van der Waals surface area contributed by atoms with Crippen molar-refractivity contribution in [1.29, 1.82) is 0 Å². The topological polar surface area (TPSA) is 96.0 Å². The average molecular weight is 586 g/mol. The van der Waals surface area contributed by atoms with E-state index in [0.717, 1.165) is 16.3 Å². The molecule has 214 valence electrons. The van der Waals surface area contributed by atoms with Crippen LogP contribution in [0.25, 0.3) is 0 Å². The molecule has 0 saturated carbocycles. The Balaban J connectivity index is 1.99. The number of carbonyl (C=O) groups excluding carboxylic acids is 2. The van der Waals surface area contributed by atoms with Gasteiger partial charge in [0.2, 0.25) is 11.8 Å². The Kier molecular flexibility index (Phi) is 11.4. The minimum Gasteiger partial charge on any atom is -0.497 e. The molecular weight excluding hydrogens is 550 g/mol. The van der Waals surface area contributed by atoms with Crippen LogP contribution in [0.3, 0.4) is 0 Å². The summed E-state index contributed by atoms with van der Waals surface area (Å²) in [6, 6.07) is 21.1. The van der Waals surface area contributed by atoms with Crippen molar-refractivity contribution in [2.45, 2.75) is 44.0 Å². The fourth-order valence-electron chi connectivity index (χ4n) is 4.27. The second-order valence-electron chi connectivity index (χ2n) is 9.20. The number of hydrogen-bond acceptors (Lipinski definition) is 5. The van der Waals surface area contributed by atoms with E-state index in [4.69, 9.17) is 16.3 Å². The van der Waals surface area contributed by atoms with Gasteiger partial charge in [0, 0.05) is 18.1 Å². The summed E-state index contributed by atoms with van der Waals surface area (Å²) in [5.74, 6) is -0.243. The molecule has 2 amide bonds. The molecular formula is C30H36ClN3O5S. The van der Waals surface area contributed by atoms with E-state index in [0.29, 0.717) is 30.2 Å². The Morgan fingerprint density at radius 3 is 2.17 bits per heavy atom. The van der Waals surface area contributed by atoms with Gasteiger partial charge in [0.25, 0.3) is 10.0 Å². The Morgan fingerprint density at radius 2 is 1.60 bits per heavy atom. The molecule has 1 N–H and O–H groups in total. The van der Waals surface area contributed by atoms with E-state index in [-0.39, 0.29) is 23.0 Å². The molecule has 10 heteroatoms. The maximum absolute atomic E-state index is 14.0. The zero-order valence-corrected chi connectivity index (χ0v) is 24.6. The zero-order valence-electron chi connectivity index (χ0n) is 23.0. The predicted molar refractivity (Wildman–Crippen MR) is 158 cm³/mol. The third-order valence-corrected chi connectivity index (χ3v) is 8.50. The van der Waals surface area contributed by atoms with Gasteiger partial charge in [0.05, 0.1) is 17.7 Å². The fourth-order valence-corrected chi connectivity index (χ4v) is 5.81. The highest BCUT2D eigenvalue weighted by Gasteiger charge is 2.33. The second-order valence-corrected chi connectivity index (χ2v) is 11.5. The van der Waals surface area contributed by atoms with Crippen LogP contribution in [0.5, 0.6) is 5.75 Å². The van der Waals surface area contributed by atoms with Gasteiger partial charge in [-0.25, -0.2) is 8.42 Å². The van der Waals surface area contributed by atoms with Crippen LogP contribution in [0.4, 0.5) is 5.69 Å². The van der Waals surface area contributed by atoms with Gasteiger partial charge in [-0.2, -0.15) is 0 Å². The lowest BCUT2D eigenvalue weighted by Gasteiger charge is -2.33. The number of rotatable bonds is 14. The van der Waals surface area contributed by atoms with Crippen LogP contribution >= 0.6 is 11.6 Å². The molecule has 0 fully saturated rings. The summed E-state index contributed by atoms with van der Waals surface area (Å²) in [6.45, 7) is 4.02. The molecule has 0 aromatic heterocycles. The van der Waals surface area contributed by atoms with Gasteiger partial charge in [-0.15, -0.1) is 0 Å². The first kappa shape index (κ1) is 31.0. The molecule has 0 spiro atoms. The van der Waals surface area contributed by atoms with Gasteiger partial charge in [0.15, 0.2) is 0 Å². The molecule has 0 saturated heterocycles. The minimum absolute atomic E-state index is 0.000356. The molecule has 0 unspecified atom stereocenters. The monoisotopic (exact) mass is 585 g/mol. The zero-order chi connectivity index (χ0) is 29.1. The van der Waals surface area contributed by atoms with Crippen molar-refractivity contribution >= 4 is 39.1 Å². The normalized spacial score (nSPS) is 11.9. The van der Waals surface area contributed by atoms with Crippen LogP contribution in [0.2, 0.25) is 5.02 Å². The number of carbonyl (C=O) groups is 2. The van der Waals surface area contributed by atoms with Crippen molar-refractivity contribution in [3.05, 3.63) is 89.4 Å². The maximum Gasteiger partial charge on any atom is 0.264 e. The fraction of sp³-hybridized carbons (Fsp3) is 0.333. The molecule has 0 bridgehead atoms. The Labute approximate surface area is 241 Å². The summed E-state index contributed by atoms with van der Waals surface area (Å²) in [6.07, 6.45) is 1.64. The first-order valence-electron chi connectivity index (χ1n) is 13.2. The van der Waals surface area contributed by atoms with Gasteiger partial charge in [-0.05, 0) is 73.4 Å². The smallest absolute Gasteiger partial charge is 0.264 e. The lowest BCUT2D eigenvalue weighted by atomic mass is 10.1. The molecule has 3 aromatic rings. The SMILES string of the molecule is CCCNC(=O)[C@@H](CC)N(CCc1ccccc1)C(=O)CN(c1ccc(Cl)cc1)S(=O)(=O)c1ccc(OC)cc1. The van der Waals surface area contributed by atoms with Crippen LogP contribution in [0.1, 0.15) is 32.3 Å². The lowest BCUT2D eigenvalue weighted by Crippen LogP contribution is -2.53. The standard InChI is InChI=1S/C30H36ClN3O5S/c1-4-20-32-30(36)28(5-2)33(21-19-23-9-7-6-8-10-23)29(35)22-34(25-13-11-24(31)12-14-25)40(37,38)27-17-15-26(39-3)16-18-27/h6-18,28H,4-5,19-22H2,1-3H3,(H,32,36)/t28-/m1/s1. The number of benzene rings is 3. The highest BCUT2D eigenvalue weighted by Crippen LogP contribution is 2.27. The Bertz CT molecular complexity index is 1350. The molecule has 3 rings (SSSR count). The number of hydrogen-bond donors (Lipinski definition) is 1. The van der Waals surface area contributed by atoms with Gasteiger partial charge in [0.1, 0.15) is 18.3 Å². The Morgan fingerprint density at radius 1 is 0.950 bits per heavy atom. The summed E-state index contributed by atoms with van der Waals surface area (Å²) < 4.78 is 34.0. The van der Waals surface area contributed by atoms with Gasteiger partial charge < -0.3 is 15.0 Å². The molecule has 8 nitrogen and oxygen atoms in total. The first-order chi connectivity index (χ1) is 19.2. The van der Waals surface area contributed by atoms with Crippen molar-refractivity contribution in [3.63, 3.8) is 0 Å². The van der Waals surface area contributed by atoms with E-state index in [1.807, 2.05) is 44.2 Å².